The van der Waals surface area contributed by atoms with Gasteiger partial charge >= 0.3 is 5.97 Å². The molecule has 0 aliphatic carbocycles. The summed E-state index contributed by atoms with van der Waals surface area (Å²) >= 11 is 0. The van der Waals surface area contributed by atoms with E-state index in [0.717, 1.165) is 5.70 Å². The van der Waals surface area contributed by atoms with Crippen LogP contribution in [0.25, 0.3) is 0 Å². The van der Waals surface area contributed by atoms with Crippen LogP contribution in [0.3, 0.4) is 0 Å². The highest BCUT2D eigenvalue weighted by Crippen LogP contribution is 2.02. The van der Waals surface area contributed by atoms with E-state index in [-0.39, 0.29) is 5.97 Å². The summed E-state index contributed by atoms with van der Waals surface area (Å²) in [5.74, 6) is -0.0729. The summed E-state index contributed by atoms with van der Waals surface area (Å²) in [5.41, 5.74) is 0.760. The van der Waals surface area contributed by atoms with Crippen LogP contribution in [0.1, 0.15) is 6.92 Å². The van der Waals surface area contributed by atoms with Gasteiger partial charge in [-0.2, -0.15) is 0 Å². The van der Waals surface area contributed by atoms with Gasteiger partial charge in [0.1, 0.15) is 0 Å². The molecule has 0 spiro atoms. The van der Waals surface area contributed by atoms with Gasteiger partial charge < -0.3 is 10.1 Å². The molecule has 48 valence electrons. The van der Waals surface area contributed by atoms with E-state index in [1.54, 1.807) is 6.92 Å². The van der Waals surface area contributed by atoms with E-state index in [2.05, 4.69) is 16.6 Å². The number of allylic oxidation sites excluding steroid dienone is 1. The van der Waals surface area contributed by atoms with Crippen LogP contribution < -0.4 is 5.32 Å². The standard InChI is InChI=1S/C6H7NO2/c1-4-3-6(8)9-5(2)7-4/h3,7H,2H2,1H3. The Kier molecular flexibility index (Phi) is 1.26. The molecule has 1 N–H and O–H groups in total. The van der Waals surface area contributed by atoms with E-state index >= 15 is 0 Å². The van der Waals surface area contributed by atoms with Crippen LogP contribution in [0.4, 0.5) is 0 Å². The second kappa shape index (κ2) is 1.93. The van der Waals surface area contributed by atoms with Gasteiger partial charge in [0.05, 0.1) is 0 Å². The summed E-state index contributed by atoms with van der Waals surface area (Å²) < 4.78 is 4.54. The van der Waals surface area contributed by atoms with Gasteiger partial charge in [-0.15, -0.1) is 0 Å². The highest BCUT2D eigenvalue weighted by Gasteiger charge is 2.08. The lowest BCUT2D eigenvalue weighted by Gasteiger charge is -2.13. The van der Waals surface area contributed by atoms with Crippen LogP contribution in [0.15, 0.2) is 24.2 Å². The molecule has 9 heavy (non-hydrogen) atoms. The molecule has 3 heteroatoms. The van der Waals surface area contributed by atoms with Crippen LogP contribution >= 0.6 is 0 Å². The molecule has 1 aliphatic heterocycles. The third-order valence-corrected chi connectivity index (χ3v) is 0.895. The molecule has 0 amide bonds. The quantitative estimate of drug-likeness (QED) is 0.479. The SMILES string of the molecule is C=C1NC(C)=CC(=O)O1. The van der Waals surface area contributed by atoms with Crippen molar-refractivity contribution in [1.29, 1.82) is 0 Å². The molecule has 0 saturated carbocycles. The molecular weight excluding hydrogens is 118 g/mol. The number of rotatable bonds is 0. The minimum atomic E-state index is -0.365. The van der Waals surface area contributed by atoms with Crippen LogP contribution in [0.5, 0.6) is 0 Å². The van der Waals surface area contributed by atoms with Crippen LogP contribution in [-0.4, -0.2) is 5.97 Å². The number of esters is 1. The molecule has 0 saturated heterocycles. The van der Waals surface area contributed by atoms with Crippen molar-refractivity contribution in [2.45, 2.75) is 6.92 Å². The molecule has 0 radical (unpaired) electrons. The number of hydrogen-bond donors (Lipinski definition) is 1. The van der Waals surface area contributed by atoms with Crippen molar-refractivity contribution in [3.05, 3.63) is 24.2 Å². The van der Waals surface area contributed by atoms with Crippen molar-refractivity contribution >= 4 is 5.97 Å². The van der Waals surface area contributed by atoms with Gasteiger partial charge in [0.15, 0.2) is 5.88 Å². The molecule has 0 unspecified atom stereocenters. The van der Waals surface area contributed by atoms with Gasteiger partial charge in [-0.3, -0.25) is 0 Å². The topological polar surface area (TPSA) is 38.3 Å². The first-order valence-electron chi connectivity index (χ1n) is 2.54. The highest BCUT2D eigenvalue weighted by molar-refractivity contribution is 5.84. The van der Waals surface area contributed by atoms with Gasteiger partial charge in [0, 0.05) is 11.8 Å². The fourth-order valence-corrected chi connectivity index (χ4v) is 0.609. The van der Waals surface area contributed by atoms with Crippen LogP contribution in [0.2, 0.25) is 0 Å². The van der Waals surface area contributed by atoms with Crippen molar-refractivity contribution in [3.63, 3.8) is 0 Å². The normalized spacial score (nSPS) is 18.1. The number of hydrogen-bond acceptors (Lipinski definition) is 3. The zero-order valence-electron chi connectivity index (χ0n) is 5.10. The van der Waals surface area contributed by atoms with Gasteiger partial charge in [-0.05, 0) is 13.5 Å². The second-order valence-corrected chi connectivity index (χ2v) is 1.80. The summed E-state index contributed by atoms with van der Waals surface area (Å²) in [6, 6.07) is 0. The van der Waals surface area contributed by atoms with Crippen molar-refractivity contribution in [2.75, 3.05) is 0 Å². The molecular formula is C6H7NO2. The summed E-state index contributed by atoms with van der Waals surface area (Å²) in [6.07, 6.45) is 1.37. The van der Waals surface area contributed by atoms with E-state index in [1.807, 2.05) is 0 Å². The smallest absolute Gasteiger partial charge is 0.339 e. The first kappa shape index (κ1) is 5.88. The largest absolute Gasteiger partial charge is 0.407 e. The zero-order valence-corrected chi connectivity index (χ0v) is 5.10. The van der Waals surface area contributed by atoms with E-state index in [4.69, 9.17) is 0 Å². The van der Waals surface area contributed by atoms with Crippen molar-refractivity contribution in [1.82, 2.24) is 5.32 Å². The molecule has 0 fully saturated rings. The van der Waals surface area contributed by atoms with Gasteiger partial charge in [-0.1, -0.05) is 0 Å². The summed E-state index contributed by atoms with van der Waals surface area (Å²) in [7, 11) is 0. The van der Waals surface area contributed by atoms with Gasteiger partial charge in [0.25, 0.3) is 0 Å². The molecule has 0 aromatic carbocycles. The fourth-order valence-electron chi connectivity index (χ4n) is 0.609. The predicted molar refractivity (Wildman–Crippen MR) is 32.1 cm³/mol. The average molecular weight is 125 g/mol. The maximum absolute atomic E-state index is 10.5. The molecule has 0 aromatic heterocycles. The Hall–Kier alpha value is -1.25. The first-order valence-corrected chi connectivity index (χ1v) is 2.54. The fraction of sp³-hybridized carbons (Fsp3) is 0.167. The maximum atomic E-state index is 10.5. The maximum Gasteiger partial charge on any atom is 0.339 e. The Balaban J connectivity index is 2.79. The van der Waals surface area contributed by atoms with Crippen LogP contribution in [0, 0.1) is 0 Å². The Morgan fingerprint density at radius 2 is 2.44 bits per heavy atom. The van der Waals surface area contributed by atoms with E-state index in [0.29, 0.717) is 5.88 Å². The number of ether oxygens (including phenoxy) is 1. The first-order chi connectivity index (χ1) is 4.18. The van der Waals surface area contributed by atoms with Crippen molar-refractivity contribution in [3.8, 4) is 0 Å². The average Bonchev–Trinajstić information content (AvgIpc) is 1.59. The number of cyclic esters (lactones) is 1. The lowest BCUT2D eigenvalue weighted by Crippen LogP contribution is -2.21. The lowest BCUT2D eigenvalue weighted by atomic mass is 10.4. The van der Waals surface area contributed by atoms with Gasteiger partial charge in [-0.25, -0.2) is 4.79 Å². The molecule has 0 atom stereocenters. The number of carbonyl (C=O) groups is 1. The molecule has 1 rings (SSSR count). The number of carbonyl (C=O) groups excluding carboxylic acids is 1. The molecule has 1 aliphatic rings. The van der Waals surface area contributed by atoms with E-state index < -0.39 is 0 Å². The Morgan fingerprint density at radius 3 is 2.89 bits per heavy atom. The molecule has 0 aromatic rings. The molecule has 0 bridgehead atoms. The Morgan fingerprint density at radius 1 is 1.78 bits per heavy atom. The van der Waals surface area contributed by atoms with Crippen LogP contribution in [-0.2, 0) is 9.53 Å². The highest BCUT2D eigenvalue weighted by atomic mass is 16.5. The second-order valence-electron chi connectivity index (χ2n) is 1.80. The minimum absolute atomic E-state index is 0.292. The summed E-state index contributed by atoms with van der Waals surface area (Å²) in [5, 5.41) is 2.73. The Labute approximate surface area is 53.0 Å². The number of nitrogens with one attached hydrogen (secondary N) is 1. The van der Waals surface area contributed by atoms with Gasteiger partial charge in [0.2, 0.25) is 0 Å². The van der Waals surface area contributed by atoms with E-state index in [9.17, 15) is 4.79 Å². The third-order valence-electron chi connectivity index (χ3n) is 0.895. The Bertz CT molecular complexity index is 193. The molecule has 1 heterocycles. The summed E-state index contributed by atoms with van der Waals surface area (Å²) in [4.78, 5) is 10.5. The van der Waals surface area contributed by atoms with Crippen molar-refractivity contribution < 1.29 is 9.53 Å². The van der Waals surface area contributed by atoms with Crippen molar-refractivity contribution in [2.24, 2.45) is 0 Å². The monoisotopic (exact) mass is 125 g/mol. The lowest BCUT2D eigenvalue weighted by molar-refractivity contribution is -0.135. The summed E-state index contributed by atoms with van der Waals surface area (Å²) in [6.45, 7) is 5.19. The predicted octanol–water partition coefficient (Wildman–Crippen LogP) is 0.508. The third kappa shape index (κ3) is 1.32. The minimum Gasteiger partial charge on any atom is -0.407 e. The molecule has 3 nitrogen and oxygen atoms in total. The zero-order chi connectivity index (χ0) is 6.85. The van der Waals surface area contributed by atoms with E-state index in [1.165, 1.54) is 6.08 Å².